The van der Waals surface area contributed by atoms with E-state index in [0.717, 1.165) is 6.20 Å². The van der Waals surface area contributed by atoms with Gasteiger partial charge in [-0.2, -0.15) is 13.2 Å². The third-order valence-corrected chi connectivity index (χ3v) is 5.68. The number of alkyl halides is 3. The lowest BCUT2D eigenvalue weighted by atomic mass is 10.3. The second-order valence-electron chi connectivity index (χ2n) is 5.52. The number of sulfone groups is 1. The summed E-state index contributed by atoms with van der Waals surface area (Å²) in [6, 6.07) is 3.52. The van der Waals surface area contributed by atoms with E-state index in [1.807, 2.05) is 0 Å². The highest BCUT2D eigenvalue weighted by atomic mass is 32.2. The van der Waals surface area contributed by atoms with Gasteiger partial charge in [0.25, 0.3) is 0 Å². The Kier molecular flexibility index (Phi) is 4.14. The number of aryl methyl sites for hydroxylation is 1. The number of halogens is 3. The minimum Gasteiger partial charge on any atom is -0.321 e. The van der Waals surface area contributed by atoms with Crippen molar-refractivity contribution < 1.29 is 31.5 Å². The molecule has 0 radical (unpaired) electrons. The molecule has 0 atom stereocenters. The van der Waals surface area contributed by atoms with Crippen LogP contribution >= 0.6 is 0 Å². The van der Waals surface area contributed by atoms with Crippen molar-refractivity contribution >= 4 is 20.9 Å². The molecule has 7 nitrogen and oxygen atoms in total. The topological polar surface area (TPSA) is 89.0 Å². The molecule has 3 aromatic heterocycles. The Morgan fingerprint density at radius 2 is 2.04 bits per heavy atom. The molecule has 0 aliphatic carbocycles. The molecule has 3 aromatic rings. The van der Waals surface area contributed by atoms with E-state index < -0.39 is 21.7 Å². The second-order valence-corrected chi connectivity index (χ2v) is 7.77. The Morgan fingerprint density at radius 3 is 2.65 bits per heavy atom. The van der Waals surface area contributed by atoms with Crippen LogP contribution in [0.1, 0.15) is 12.6 Å². The van der Waals surface area contributed by atoms with E-state index >= 15 is 0 Å². The highest BCUT2D eigenvalue weighted by molar-refractivity contribution is 7.91. The fourth-order valence-corrected chi connectivity index (χ4v) is 3.60. The Labute approximate surface area is 146 Å². The third-order valence-electron chi connectivity index (χ3n) is 3.92. The van der Waals surface area contributed by atoms with Crippen molar-refractivity contribution in [1.82, 2.24) is 14.5 Å². The van der Waals surface area contributed by atoms with Crippen molar-refractivity contribution in [2.24, 2.45) is 7.05 Å². The fourth-order valence-electron chi connectivity index (χ4n) is 2.56. The predicted molar refractivity (Wildman–Crippen MR) is 84.1 cm³/mol. The zero-order valence-electron chi connectivity index (χ0n) is 13.7. The van der Waals surface area contributed by atoms with Crippen LogP contribution < -0.4 is 4.73 Å². The van der Waals surface area contributed by atoms with Crippen LogP contribution in [0.25, 0.3) is 22.6 Å². The molecule has 0 unspecified atom stereocenters. The molecular formula is C15H14F3N4O3S+. The minimum absolute atomic E-state index is 0.0318. The SMILES string of the molecule is CCS(=O)(=O)c1cccnc1-c1nc2cc(C(F)(F)F)[n+](O)cc2n1C. The quantitative estimate of drug-likeness (QED) is 0.548. The van der Waals surface area contributed by atoms with Gasteiger partial charge in [-0.15, -0.1) is 0 Å². The summed E-state index contributed by atoms with van der Waals surface area (Å²) in [4.78, 5) is 8.12. The summed E-state index contributed by atoms with van der Waals surface area (Å²) in [5, 5.41) is 9.61. The number of nitrogens with zero attached hydrogens (tertiary/aromatic N) is 4. The lowest BCUT2D eigenvalue weighted by Crippen LogP contribution is -2.39. The first-order valence-corrected chi connectivity index (χ1v) is 9.08. The number of pyridine rings is 2. The minimum atomic E-state index is -4.78. The first kappa shape index (κ1) is 18.1. The van der Waals surface area contributed by atoms with Gasteiger partial charge in [-0.3, -0.25) is 10.2 Å². The van der Waals surface area contributed by atoms with E-state index in [0.29, 0.717) is 6.07 Å². The van der Waals surface area contributed by atoms with Gasteiger partial charge in [-0.25, -0.2) is 13.4 Å². The highest BCUT2D eigenvalue weighted by Crippen LogP contribution is 2.31. The Balaban J connectivity index is 2.31. The summed E-state index contributed by atoms with van der Waals surface area (Å²) >= 11 is 0. The number of hydrogen-bond donors (Lipinski definition) is 1. The van der Waals surface area contributed by atoms with Gasteiger partial charge >= 0.3 is 11.9 Å². The van der Waals surface area contributed by atoms with Crippen molar-refractivity contribution in [2.75, 3.05) is 5.75 Å². The van der Waals surface area contributed by atoms with E-state index in [4.69, 9.17) is 0 Å². The van der Waals surface area contributed by atoms with Crippen LogP contribution in [0.15, 0.2) is 35.5 Å². The molecule has 11 heteroatoms. The average Bonchev–Trinajstić information content (AvgIpc) is 2.89. The molecule has 0 aliphatic heterocycles. The molecule has 3 rings (SSSR count). The Morgan fingerprint density at radius 1 is 1.35 bits per heavy atom. The van der Waals surface area contributed by atoms with E-state index in [1.54, 1.807) is 0 Å². The van der Waals surface area contributed by atoms with Crippen molar-refractivity contribution in [3.63, 3.8) is 0 Å². The number of imidazole rings is 1. The number of hydrogen-bond acceptors (Lipinski definition) is 5. The zero-order valence-corrected chi connectivity index (χ0v) is 14.5. The maximum atomic E-state index is 13.0. The fraction of sp³-hybridized carbons (Fsp3) is 0.267. The first-order valence-electron chi connectivity index (χ1n) is 7.43. The van der Waals surface area contributed by atoms with Gasteiger partial charge in [0.2, 0.25) is 6.20 Å². The molecule has 0 saturated heterocycles. The summed E-state index contributed by atoms with van der Waals surface area (Å²) in [5.74, 6) is -0.0863. The normalized spacial score (nSPS) is 12.7. The number of aromatic nitrogens is 4. The predicted octanol–water partition coefficient (Wildman–Crippen LogP) is 1.97. The van der Waals surface area contributed by atoms with Crippen molar-refractivity contribution in [3.05, 3.63) is 36.3 Å². The summed E-state index contributed by atoms with van der Waals surface area (Å²) < 4.78 is 64.8. The van der Waals surface area contributed by atoms with Crippen molar-refractivity contribution in [3.8, 4) is 11.5 Å². The van der Waals surface area contributed by atoms with Crippen LogP contribution in [0.2, 0.25) is 0 Å². The van der Waals surface area contributed by atoms with Crippen LogP contribution in [-0.4, -0.2) is 33.9 Å². The van der Waals surface area contributed by atoms with Gasteiger partial charge in [0.05, 0.1) is 10.6 Å². The average molecular weight is 387 g/mol. The molecule has 0 fully saturated rings. The summed E-state index contributed by atoms with van der Waals surface area (Å²) in [6.45, 7) is 1.48. The molecule has 3 heterocycles. The van der Waals surface area contributed by atoms with Gasteiger partial charge < -0.3 is 4.57 Å². The third kappa shape index (κ3) is 2.87. The lowest BCUT2D eigenvalue weighted by Gasteiger charge is -2.07. The van der Waals surface area contributed by atoms with E-state index in [2.05, 4.69) is 9.97 Å². The summed E-state index contributed by atoms with van der Waals surface area (Å²) in [6.07, 6.45) is -2.54. The zero-order chi connectivity index (χ0) is 19.3. The Hall–Kier alpha value is -2.69. The summed E-state index contributed by atoms with van der Waals surface area (Å²) in [7, 11) is -2.13. The van der Waals surface area contributed by atoms with Gasteiger partial charge in [-0.1, -0.05) is 6.92 Å². The van der Waals surface area contributed by atoms with Gasteiger partial charge in [0, 0.05) is 24.0 Å². The van der Waals surface area contributed by atoms with E-state index in [-0.39, 0.29) is 37.9 Å². The maximum absolute atomic E-state index is 13.0. The molecule has 0 amide bonds. The van der Waals surface area contributed by atoms with E-state index in [9.17, 15) is 26.8 Å². The molecule has 138 valence electrons. The molecule has 26 heavy (non-hydrogen) atoms. The second kappa shape index (κ2) is 5.94. The monoisotopic (exact) mass is 387 g/mol. The molecule has 0 aromatic carbocycles. The number of rotatable bonds is 3. The summed E-state index contributed by atoms with van der Waals surface area (Å²) in [5.41, 5.74) is -1.13. The van der Waals surface area contributed by atoms with Crippen LogP contribution in [0, 0.1) is 0 Å². The molecule has 0 aliphatic rings. The Bertz CT molecular complexity index is 1110. The van der Waals surface area contributed by atoms with E-state index in [1.165, 1.54) is 36.9 Å². The molecule has 1 N–H and O–H groups in total. The number of fused-ring (bicyclic) bond motifs is 1. The van der Waals surface area contributed by atoms with Crippen molar-refractivity contribution in [1.29, 1.82) is 0 Å². The maximum Gasteiger partial charge on any atom is 0.482 e. The van der Waals surface area contributed by atoms with Gasteiger partial charge in [0.1, 0.15) is 16.7 Å². The van der Waals surface area contributed by atoms with Crippen molar-refractivity contribution in [2.45, 2.75) is 18.0 Å². The van der Waals surface area contributed by atoms with Crippen LogP contribution in [0.5, 0.6) is 0 Å². The first-order chi connectivity index (χ1) is 12.1. The molecule has 0 saturated carbocycles. The smallest absolute Gasteiger partial charge is 0.321 e. The van der Waals surface area contributed by atoms with Crippen LogP contribution in [-0.2, 0) is 23.1 Å². The standard InChI is InChI=1S/C15H14F3N4O3S/c1-3-26(24,25)11-5-4-6-19-13(11)14-20-9-7-12(15(16,17)18)22(23)8-10(9)21(14)2/h4-8,23H,3H2,1-2H3/q+1. The molecule has 0 bridgehead atoms. The largest absolute Gasteiger partial charge is 0.482 e. The van der Waals surface area contributed by atoms with Crippen LogP contribution in [0.4, 0.5) is 13.2 Å². The highest BCUT2D eigenvalue weighted by Gasteiger charge is 2.43. The van der Waals surface area contributed by atoms with Gasteiger partial charge in [0.15, 0.2) is 15.7 Å². The molecule has 0 spiro atoms. The van der Waals surface area contributed by atoms with Crippen LogP contribution in [0.3, 0.4) is 0 Å². The molecular weight excluding hydrogens is 373 g/mol. The van der Waals surface area contributed by atoms with Gasteiger partial charge in [-0.05, 0) is 12.1 Å². The lowest BCUT2D eigenvalue weighted by molar-refractivity contribution is -0.914.